The van der Waals surface area contributed by atoms with E-state index in [1.165, 1.54) is 12.3 Å². The van der Waals surface area contributed by atoms with Crippen LogP contribution < -0.4 is 16.8 Å². The maximum atomic E-state index is 11.2. The van der Waals surface area contributed by atoms with E-state index in [2.05, 4.69) is 24.1 Å². The van der Waals surface area contributed by atoms with Crippen LogP contribution in [0.15, 0.2) is 12.3 Å². The number of nitrogens with zero attached hydrogens (tertiary/aromatic N) is 1. The Morgan fingerprint density at radius 2 is 2.28 bits per heavy atom. The molecule has 5 N–H and O–H groups in total. The lowest BCUT2D eigenvalue weighted by Gasteiger charge is -2.10. The van der Waals surface area contributed by atoms with Crippen molar-refractivity contribution in [3.63, 3.8) is 0 Å². The quantitative estimate of drug-likeness (QED) is 0.624. The van der Waals surface area contributed by atoms with E-state index in [4.69, 9.17) is 16.2 Å². The maximum Gasteiger partial charge on any atom is 0.252 e. The van der Waals surface area contributed by atoms with Gasteiger partial charge < -0.3 is 21.5 Å². The molecule has 6 nitrogen and oxygen atoms in total. The summed E-state index contributed by atoms with van der Waals surface area (Å²) in [6.07, 6.45) is 1.48. The van der Waals surface area contributed by atoms with Gasteiger partial charge in [-0.25, -0.2) is 4.98 Å². The number of ether oxygens (including phenoxy) is 1. The highest BCUT2D eigenvalue weighted by molar-refractivity contribution is 5.98. The van der Waals surface area contributed by atoms with Crippen molar-refractivity contribution in [2.24, 2.45) is 11.7 Å². The van der Waals surface area contributed by atoms with Gasteiger partial charge in [0, 0.05) is 13.2 Å². The van der Waals surface area contributed by atoms with Gasteiger partial charge in [0.05, 0.1) is 24.1 Å². The van der Waals surface area contributed by atoms with Crippen LogP contribution in [0.2, 0.25) is 0 Å². The van der Waals surface area contributed by atoms with Gasteiger partial charge in [-0.15, -0.1) is 0 Å². The summed E-state index contributed by atoms with van der Waals surface area (Å²) in [7, 11) is 0. The van der Waals surface area contributed by atoms with Crippen LogP contribution >= 0.6 is 0 Å². The van der Waals surface area contributed by atoms with Gasteiger partial charge in [0.25, 0.3) is 5.91 Å². The largest absolute Gasteiger partial charge is 0.397 e. The Hall–Kier alpha value is -1.82. The summed E-state index contributed by atoms with van der Waals surface area (Å²) < 4.78 is 5.41. The minimum Gasteiger partial charge on any atom is -0.397 e. The number of nitrogens with two attached hydrogens (primary N) is 2. The van der Waals surface area contributed by atoms with Crippen LogP contribution in [0.4, 0.5) is 11.5 Å². The fourth-order valence-electron chi connectivity index (χ4n) is 1.37. The van der Waals surface area contributed by atoms with Gasteiger partial charge in [0.1, 0.15) is 5.82 Å². The van der Waals surface area contributed by atoms with Crippen LogP contribution in [0, 0.1) is 5.92 Å². The third-order valence-electron chi connectivity index (χ3n) is 2.16. The van der Waals surface area contributed by atoms with Crippen molar-refractivity contribution in [1.82, 2.24) is 4.98 Å². The number of hydrogen-bond acceptors (Lipinski definition) is 5. The highest BCUT2D eigenvalue weighted by Gasteiger charge is 2.09. The van der Waals surface area contributed by atoms with E-state index in [1.54, 1.807) is 0 Å². The number of carbonyl (C=O) groups is 1. The van der Waals surface area contributed by atoms with E-state index in [9.17, 15) is 4.79 Å². The molecule has 1 heterocycles. The second-order valence-corrected chi connectivity index (χ2v) is 4.42. The molecule has 0 spiro atoms. The molecule has 0 atom stereocenters. The molecule has 0 aliphatic heterocycles. The van der Waals surface area contributed by atoms with Gasteiger partial charge in [0.2, 0.25) is 0 Å². The Balaban J connectivity index is 2.49. The first kappa shape index (κ1) is 14.2. The van der Waals surface area contributed by atoms with Gasteiger partial charge >= 0.3 is 0 Å². The van der Waals surface area contributed by atoms with Crippen LogP contribution in [0.3, 0.4) is 0 Å². The number of carbonyl (C=O) groups excluding carboxylic acids is 1. The summed E-state index contributed by atoms with van der Waals surface area (Å²) in [5.41, 5.74) is 11.5. The van der Waals surface area contributed by atoms with E-state index < -0.39 is 5.91 Å². The van der Waals surface area contributed by atoms with E-state index in [1.807, 2.05) is 0 Å². The smallest absolute Gasteiger partial charge is 0.252 e. The lowest BCUT2D eigenvalue weighted by molar-refractivity contribution is 0.100. The first-order chi connectivity index (χ1) is 8.50. The molecule has 0 radical (unpaired) electrons. The number of nitrogens with one attached hydrogen (secondary N) is 1. The second-order valence-electron chi connectivity index (χ2n) is 4.42. The molecular formula is C12H20N4O2. The van der Waals surface area contributed by atoms with Crippen LogP contribution in [0.25, 0.3) is 0 Å². The van der Waals surface area contributed by atoms with Gasteiger partial charge in [-0.05, 0) is 12.0 Å². The third-order valence-corrected chi connectivity index (χ3v) is 2.16. The van der Waals surface area contributed by atoms with Gasteiger partial charge in [0.15, 0.2) is 0 Å². The topological polar surface area (TPSA) is 103 Å². The Morgan fingerprint density at radius 3 is 2.89 bits per heavy atom. The number of pyridine rings is 1. The zero-order valence-electron chi connectivity index (χ0n) is 10.8. The SMILES string of the molecule is CC(C)COCCNc1ncc(N)cc1C(N)=O. The fraction of sp³-hybridized carbons (Fsp3) is 0.500. The molecule has 6 heteroatoms. The van der Waals surface area contributed by atoms with Crippen molar-refractivity contribution in [3.05, 3.63) is 17.8 Å². The average molecular weight is 252 g/mol. The molecule has 1 aromatic heterocycles. The number of primary amides is 1. The summed E-state index contributed by atoms with van der Waals surface area (Å²) in [6, 6.07) is 1.51. The fourth-order valence-corrected chi connectivity index (χ4v) is 1.37. The van der Waals surface area contributed by atoms with Crippen molar-refractivity contribution in [2.45, 2.75) is 13.8 Å². The summed E-state index contributed by atoms with van der Waals surface area (Å²) in [5, 5.41) is 3.00. The monoisotopic (exact) mass is 252 g/mol. The molecule has 0 aromatic carbocycles. The molecule has 0 saturated heterocycles. The number of rotatable bonds is 7. The number of amides is 1. The molecule has 0 aliphatic rings. The molecule has 1 rings (SSSR count). The summed E-state index contributed by atoms with van der Waals surface area (Å²) >= 11 is 0. The first-order valence-corrected chi connectivity index (χ1v) is 5.87. The predicted molar refractivity (Wildman–Crippen MR) is 71.3 cm³/mol. The summed E-state index contributed by atoms with van der Waals surface area (Å²) in [6.45, 7) is 5.98. The van der Waals surface area contributed by atoms with E-state index >= 15 is 0 Å². The number of nitrogen functional groups attached to an aromatic ring is 1. The van der Waals surface area contributed by atoms with Crippen molar-refractivity contribution in [2.75, 3.05) is 30.8 Å². The van der Waals surface area contributed by atoms with Crippen molar-refractivity contribution in [1.29, 1.82) is 0 Å². The Bertz CT molecular complexity index is 407. The van der Waals surface area contributed by atoms with Crippen LogP contribution in [0.5, 0.6) is 0 Å². The van der Waals surface area contributed by atoms with Crippen LogP contribution in [0.1, 0.15) is 24.2 Å². The molecular weight excluding hydrogens is 232 g/mol. The van der Waals surface area contributed by atoms with Crippen molar-refractivity contribution >= 4 is 17.4 Å². The number of hydrogen-bond donors (Lipinski definition) is 3. The lowest BCUT2D eigenvalue weighted by atomic mass is 10.2. The Kier molecular flexibility index (Phi) is 5.38. The maximum absolute atomic E-state index is 11.2. The number of aromatic nitrogens is 1. The van der Waals surface area contributed by atoms with Gasteiger partial charge in [-0.2, -0.15) is 0 Å². The Labute approximate surface area is 107 Å². The molecule has 0 fully saturated rings. The molecule has 100 valence electrons. The normalized spacial score (nSPS) is 10.6. The van der Waals surface area contributed by atoms with E-state index in [0.29, 0.717) is 42.7 Å². The molecule has 0 saturated carbocycles. The van der Waals surface area contributed by atoms with E-state index in [-0.39, 0.29) is 0 Å². The summed E-state index contributed by atoms with van der Waals surface area (Å²) in [5.74, 6) is 0.381. The molecule has 1 amide bonds. The second kappa shape index (κ2) is 6.80. The highest BCUT2D eigenvalue weighted by Crippen LogP contribution is 2.14. The number of anilines is 2. The van der Waals surface area contributed by atoms with Crippen LogP contribution in [-0.4, -0.2) is 30.6 Å². The van der Waals surface area contributed by atoms with Crippen molar-refractivity contribution < 1.29 is 9.53 Å². The minimum absolute atomic E-state index is 0.291. The Morgan fingerprint density at radius 1 is 1.56 bits per heavy atom. The first-order valence-electron chi connectivity index (χ1n) is 5.87. The van der Waals surface area contributed by atoms with E-state index in [0.717, 1.165) is 0 Å². The minimum atomic E-state index is -0.555. The molecule has 1 aromatic rings. The lowest BCUT2D eigenvalue weighted by Crippen LogP contribution is -2.18. The van der Waals surface area contributed by atoms with Gasteiger partial charge in [-0.1, -0.05) is 13.8 Å². The standard InChI is InChI=1S/C12H20N4O2/c1-8(2)7-18-4-3-15-12-10(11(14)17)5-9(13)6-16-12/h5-6,8H,3-4,7,13H2,1-2H3,(H2,14,17)(H,15,16). The molecule has 0 unspecified atom stereocenters. The molecule has 0 bridgehead atoms. The molecule has 18 heavy (non-hydrogen) atoms. The average Bonchev–Trinajstić information content (AvgIpc) is 2.29. The van der Waals surface area contributed by atoms with Crippen LogP contribution in [-0.2, 0) is 4.74 Å². The zero-order chi connectivity index (χ0) is 13.5. The van der Waals surface area contributed by atoms with Crippen molar-refractivity contribution in [3.8, 4) is 0 Å². The summed E-state index contributed by atoms with van der Waals surface area (Å²) in [4.78, 5) is 15.2. The van der Waals surface area contributed by atoms with Gasteiger partial charge in [-0.3, -0.25) is 4.79 Å². The third kappa shape index (κ3) is 4.58. The zero-order valence-corrected chi connectivity index (χ0v) is 10.8. The molecule has 0 aliphatic carbocycles. The highest BCUT2D eigenvalue weighted by atomic mass is 16.5. The predicted octanol–water partition coefficient (Wildman–Crippen LogP) is 0.847.